The molecule has 0 aliphatic heterocycles. The Kier molecular flexibility index (Phi) is 3.66. The largest absolute Gasteiger partial charge is 0.366 e. The molecule has 0 radical (unpaired) electrons. The van der Waals surface area contributed by atoms with Crippen LogP contribution in [0.5, 0.6) is 0 Å². The molecule has 0 fully saturated rings. The van der Waals surface area contributed by atoms with Gasteiger partial charge in [0.2, 0.25) is 5.91 Å². The summed E-state index contributed by atoms with van der Waals surface area (Å²) in [6.45, 7) is 3.85. The summed E-state index contributed by atoms with van der Waals surface area (Å²) in [5, 5.41) is 0. The Labute approximate surface area is 95.0 Å². The average molecular weight is 220 g/mol. The van der Waals surface area contributed by atoms with Gasteiger partial charge in [-0.25, -0.2) is 0 Å². The van der Waals surface area contributed by atoms with Crippen molar-refractivity contribution in [1.29, 1.82) is 0 Å². The summed E-state index contributed by atoms with van der Waals surface area (Å²) in [5.41, 5.74) is 5.98. The molecule has 0 aliphatic carbocycles. The minimum absolute atomic E-state index is 0.113. The van der Waals surface area contributed by atoms with Crippen LogP contribution < -0.4 is 5.73 Å². The fraction of sp³-hybridized carbons (Fsp3) is 0.333. The third-order valence-electron chi connectivity index (χ3n) is 2.49. The zero-order valence-electron chi connectivity index (χ0n) is 9.73. The number of primary amides is 1. The molecule has 4 nitrogen and oxygen atoms in total. The van der Waals surface area contributed by atoms with Crippen LogP contribution in [0.3, 0.4) is 0 Å². The monoisotopic (exact) mass is 220 g/mol. The van der Waals surface area contributed by atoms with Gasteiger partial charge >= 0.3 is 0 Å². The molecule has 0 aliphatic rings. The van der Waals surface area contributed by atoms with Gasteiger partial charge in [-0.05, 0) is 32.0 Å². The minimum atomic E-state index is -0.526. The Bertz CT molecular complexity index is 413. The van der Waals surface area contributed by atoms with Crippen molar-refractivity contribution in [1.82, 2.24) is 4.90 Å². The number of benzene rings is 1. The zero-order valence-corrected chi connectivity index (χ0v) is 9.73. The number of nitrogens with zero attached hydrogens (tertiary/aromatic N) is 1. The Hall–Kier alpha value is -1.84. The van der Waals surface area contributed by atoms with Crippen LogP contribution in [0.25, 0.3) is 0 Å². The molecular formula is C12H16N2O2. The topological polar surface area (TPSA) is 63.4 Å². The lowest BCUT2D eigenvalue weighted by Gasteiger charge is -2.21. The van der Waals surface area contributed by atoms with E-state index in [4.69, 9.17) is 5.73 Å². The SMILES string of the molecule is CC(C)N(C)C(=O)c1cccc(C(N)=O)c1. The van der Waals surface area contributed by atoms with E-state index in [1.807, 2.05) is 13.8 Å². The molecule has 0 saturated heterocycles. The molecule has 0 unspecified atom stereocenters. The molecule has 1 aromatic rings. The molecule has 16 heavy (non-hydrogen) atoms. The van der Waals surface area contributed by atoms with E-state index in [9.17, 15) is 9.59 Å². The van der Waals surface area contributed by atoms with Crippen molar-refractivity contribution in [3.05, 3.63) is 35.4 Å². The van der Waals surface area contributed by atoms with Crippen LogP contribution in [0, 0.1) is 0 Å². The zero-order chi connectivity index (χ0) is 12.3. The first-order valence-electron chi connectivity index (χ1n) is 5.10. The summed E-state index contributed by atoms with van der Waals surface area (Å²) in [6.07, 6.45) is 0. The van der Waals surface area contributed by atoms with E-state index < -0.39 is 5.91 Å². The number of carbonyl (C=O) groups excluding carboxylic acids is 2. The van der Waals surface area contributed by atoms with Crippen LogP contribution in [0.1, 0.15) is 34.6 Å². The quantitative estimate of drug-likeness (QED) is 0.833. The fourth-order valence-electron chi connectivity index (χ4n) is 1.24. The highest BCUT2D eigenvalue weighted by Gasteiger charge is 2.15. The maximum atomic E-state index is 11.9. The molecule has 0 aromatic heterocycles. The summed E-state index contributed by atoms with van der Waals surface area (Å²) in [7, 11) is 1.73. The third-order valence-corrected chi connectivity index (χ3v) is 2.49. The second kappa shape index (κ2) is 4.79. The lowest BCUT2D eigenvalue weighted by molar-refractivity contribution is 0.0755. The second-order valence-electron chi connectivity index (χ2n) is 3.95. The molecule has 0 bridgehead atoms. The van der Waals surface area contributed by atoms with Gasteiger partial charge in [0.25, 0.3) is 5.91 Å². The molecule has 0 spiro atoms. The Balaban J connectivity index is 3.00. The van der Waals surface area contributed by atoms with Crippen molar-refractivity contribution in [2.75, 3.05) is 7.05 Å². The van der Waals surface area contributed by atoms with Crippen LogP contribution in [0.4, 0.5) is 0 Å². The van der Waals surface area contributed by atoms with Crippen LogP contribution in [0.15, 0.2) is 24.3 Å². The van der Waals surface area contributed by atoms with Gasteiger partial charge in [-0.15, -0.1) is 0 Å². The Morgan fingerprint density at radius 1 is 1.25 bits per heavy atom. The van der Waals surface area contributed by atoms with Gasteiger partial charge in [0, 0.05) is 24.2 Å². The molecule has 1 rings (SSSR count). The standard InChI is InChI=1S/C12H16N2O2/c1-8(2)14(3)12(16)10-6-4-5-9(7-10)11(13)15/h4-8H,1-3H3,(H2,13,15). The molecule has 0 heterocycles. The van der Waals surface area contributed by atoms with Crippen molar-refractivity contribution in [3.8, 4) is 0 Å². The first-order chi connectivity index (χ1) is 7.43. The molecule has 4 heteroatoms. The highest BCUT2D eigenvalue weighted by molar-refractivity contribution is 5.99. The van der Waals surface area contributed by atoms with Crippen molar-refractivity contribution >= 4 is 11.8 Å². The molecule has 0 atom stereocenters. The number of hydrogen-bond acceptors (Lipinski definition) is 2. The molecule has 2 amide bonds. The van der Waals surface area contributed by atoms with Gasteiger partial charge in [0.05, 0.1) is 0 Å². The molecular weight excluding hydrogens is 204 g/mol. The van der Waals surface area contributed by atoms with Gasteiger partial charge in [0.1, 0.15) is 0 Å². The predicted octanol–water partition coefficient (Wildman–Crippen LogP) is 1.27. The van der Waals surface area contributed by atoms with Crippen molar-refractivity contribution in [3.63, 3.8) is 0 Å². The van der Waals surface area contributed by atoms with E-state index in [1.54, 1.807) is 30.1 Å². The van der Waals surface area contributed by atoms with Crippen molar-refractivity contribution in [2.24, 2.45) is 5.73 Å². The van der Waals surface area contributed by atoms with Gasteiger partial charge in [-0.1, -0.05) is 6.07 Å². The number of amides is 2. The number of carbonyl (C=O) groups is 2. The summed E-state index contributed by atoms with van der Waals surface area (Å²) in [5.74, 6) is -0.639. The van der Waals surface area contributed by atoms with Gasteiger partial charge in [-0.2, -0.15) is 0 Å². The second-order valence-corrected chi connectivity index (χ2v) is 3.95. The molecule has 0 saturated carbocycles. The van der Waals surface area contributed by atoms with Gasteiger partial charge in [0.15, 0.2) is 0 Å². The summed E-state index contributed by atoms with van der Waals surface area (Å²) in [6, 6.07) is 6.55. The van der Waals surface area contributed by atoms with E-state index in [0.29, 0.717) is 11.1 Å². The number of hydrogen-bond donors (Lipinski definition) is 1. The van der Waals surface area contributed by atoms with E-state index in [1.165, 1.54) is 6.07 Å². The van der Waals surface area contributed by atoms with E-state index in [0.717, 1.165) is 0 Å². The van der Waals surface area contributed by atoms with Crippen LogP contribution in [-0.4, -0.2) is 29.8 Å². The van der Waals surface area contributed by atoms with E-state index in [2.05, 4.69) is 0 Å². The normalized spacial score (nSPS) is 10.2. The average Bonchev–Trinajstić information content (AvgIpc) is 2.27. The number of nitrogens with two attached hydrogens (primary N) is 1. The van der Waals surface area contributed by atoms with Crippen molar-refractivity contribution in [2.45, 2.75) is 19.9 Å². The minimum Gasteiger partial charge on any atom is -0.366 e. The Morgan fingerprint density at radius 3 is 2.31 bits per heavy atom. The van der Waals surface area contributed by atoms with E-state index >= 15 is 0 Å². The highest BCUT2D eigenvalue weighted by atomic mass is 16.2. The Morgan fingerprint density at radius 2 is 1.81 bits per heavy atom. The summed E-state index contributed by atoms with van der Waals surface area (Å²) < 4.78 is 0. The molecule has 1 aromatic carbocycles. The molecule has 2 N–H and O–H groups in total. The third kappa shape index (κ3) is 2.59. The smallest absolute Gasteiger partial charge is 0.253 e. The lowest BCUT2D eigenvalue weighted by atomic mass is 10.1. The van der Waals surface area contributed by atoms with Crippen LogP contribution in [-0.2, 0) is 0 Å². The highest BCUT2D eigenvalue weighted by Crippen LogP contribution is 2.09. The maximum absolute atomic E-state index is 11.9. The fourth-order valence-corrected chi connectivity index (χ4v) is 1.24. The lowest BCUT2D eigenvalue weighted by Crippen LogP contribution is -2.33. The predicted molar refractivity (Wildman–Crippen MR) is 62.2 cm³/mol. The molecule has 86 valence electrons. The maximum Gasteiger partial charge on any atom is 0.253 e. The van der Waals surface area contributed by atoms with Gasteiger partial charge < -0.3 is 10.6 Å². The van der Waals surface area contributed by atoms with Crippen LogP contribution >= 0.6 is 0 Å². The number of rotatable bonds is 3. The summed E-state index contributed by atoms with van der Waals surface area (Å²) >= 11 is 0. The first kappa shape index (κ1) is 12.2. The van der Waals surface area contributed by atoms with Crippen LogP contribution in [0.2, 0.25) is 0 Å². The van der Waals surface area contributed by atoms with E-state index in [-0.39, 0.29) is 11.9 Å². The first-order valence-corrected chi connectivity index (χ1v) is 5.10. The summed E-state index contributed by atoms with van der Waals surface area (Å²) in [4.78, 5) is 24.5. The van der Waals surface area contributed by atoms with Crippen molar-refractivity contribution < 1.29 is 9.59 Å². The van der Waals surface area contributed by atoms with Gasteiger partial charge in [-0.3, -0.25) is 9.59 Å².